The number of halogens is 1. The molecular weight excluding hydrogens is 460 g/mol. The summed E-state index contributed by atoms with van der Waals surface area (Å²) in [6.45, 7) is 0.313. The van der Waals surface area contributed by atoms with Gasteiger partial charge in [0.15, 0.2) is 6.61 Å². The van der Waals surface area contributed by atoms with Gasteiger partial charge in [0.2, 0.25) is 5.91 Å². The first-order chi connectivity index (χ1) is 17.1. The Balaban J connectivity index is 1.44. The Morgan fingerprint density at radius 2 is 1.57 bits per heavy atom. The van der Waals surface area contributed by atoms with E-state index in [1.165, 1.54) is 0 Å². The number of benzene rings is 4. The van der Waals surface area contributed by atoms with Crippen molar-refractivity contribution in [1.29, 1.82) is 0 Å². The van der Waals surface area contributed by atoms with E-state index >= 15 is 0 Å². The van der Waals surface area contributed by atoms with E-state index in [9.17, 15) is 9.59 Å². The summed E-state index contributed by atoms with van der Waals surface area (Å²) in [4.78, 5) is 27.9. The minimum absolute atomic E-state index is 0.0383. The quantitative estimate of drug-likeness (QED) is 0.364. The molecule has 2 amide bonds. The second kappa shape index (κ2) is 10.0. The molecule has 0 fully saturated rings. The van der Waals surface area contributed by atoms with Gasteiger partial charge in [0.25, 0.3) is 5.91 Å². The molecule has 0 bridgehead atoms. The van der Waals surface area contributed by atoms with Crippen LogP contribution in [0.2, 0.25) is 5.02 Å². The first-order valence-corrected chi connectivity index (χ1v) is 11.7. The standard InChI is InChI=1S/C29H23ClN2O3/c30-23-13-7-8-20(16-23)18-32-25-17-24(14-15-26(25)35-19-27(32)33)31-29(34)28(21-9-3-1-4-10-21)22-11-5-2-6-12-22/h1-17,28H,18-19H2,(H,31,34). The molecule has 0 saturated carbocycles. The maximum absolute atomic E-state index is 13.5. The van der Waals surface area contributed by atoms with Gasteiger partial charge in [0, 0.05) is 10.7 Å². The van der Waals surface area contributed by atoms with E-state index in [1.807, 2.05) is 78.9 Å². The molecule has 0 radical (unpaired) electrons. The predicted molar refractivity (Wildman–Crippen MR) is 138 cm³/mol. The molecular formula is C29H23ClN2O3. The maximum atomic E-state index is 13.5. The first kappa shape index (κ1) is 22.7. The molecule has 0 aliphatic carbocycles. The van der Waals surface area contributed by atoms with Crippen molar-refractivity contribution < 1.29 is 14.3 Å². The van der Waals surface area contributed by atoms with Gasteiger partial charge in [-0.25, -0.2) is 0 Å². The summed E-state index contributed by atoms with van der Waals surface area (Å²) in [6, 6.07) is 32.1. The van der Waals surface area contributed by atoms with Crippen LogP contribution in [0.15, 0.2) is 103 Å². The molecule has 1 aliphatic rings. The summed E-state index contributed by atoms with van der Waals surface area (Å²) >= 11 is 6.14. The van der Waals surface area contributed by atoms with Crippen LogP contribution in [0.5, 0.6) is 5.75 Å². The summed E-state index contributed by atoms with van der Waals surface area (Å²) in [5, 5.41) is 3.65. The molecule has 5 rings (SSSR count). The molecule has 4 aromatic rings. The second-order valence-electron chi connectivity index (χ2n) is 8.32. The van der Waals surface area contributed by atoms with Crippen molar-refractivity contribution >= 4 is 34.8 Å². The highest BCUT2D eigenvalue weighted by atomic mass is 35.5. The van der Waals surface area contributed by atoms with Crippen LogP contribution in [-0.2, 0) is 16.1 Å². The number of hydrogen-bond donors (Lipinski definition) is 1. The van der Waals surface area contributed by atoms with Crippen LogP contribution in [-0.4, -0.2) is 18.4 Å². The summed E-state index contributed by atoms with van der Waals surface area (Å²) in [6.07, 6.45) is 0. The zero-order valence-corrected chi connectivity index (χ0v) is 19.6. The van der Waals surface area contributed by atoms with E-state index in [0.717, 1.165) is 16.7 Å². The largest absolute Gasteiger partial charge is 0.482 e. The van der Waals surface area contributed by atoms with Gasteiger partial charge in [-0.15, -0.1) is 0 Å². The highest BCUT2D eigenvalue weighted by Gasteiger charge is 2.27. The lowest BCUT2D eigenvalue weighted by atomic mass is 9.90. The zero-order chi connectivity index (χ0) is 24.2. The minimum Gasteiger partial charge on any atom is -0.482 e. The third kappa shape index (κ3) is 5.05. The Labute approximate surface area is 208 Å². The van der Waals surface area contributed by atoms with Gasteiger partial charge in [-0.2, -0.15) is 0 Å². The molecule has 0 saturated heterocycles. The molecule has 35 heavy (non-hydrogen) atoms. The van der Waals surface area contributed by atoms with E-state index in [0.29, 0.717) is 28.7 Å². The van der Waals surface area contributed by atoms with Crippen molar-refractivity contribution in [2.45, 2.75) is 12.5 Å². The van der Waals surface area contributed by atoms with E-state index in [1.54, 1.807) is 29.2 Å². The van der Waals surface area contributed by atoms with Crippen molar-refractivity contribution in [3.05, 3.63) is 125 Å². The highest BCUT2D eigenvalue weighted by Crippen LogP contribution is 2.36. The Hall–Kier alpha value is -4.09. The Morgan fingerprint density at radius 1 is 0.886 bits per heavy atom. The van der Waals surface area contributed by atoms with Crippen molar-refractivity contribution in [3.8, 4) is 5.75 Å². The average molecular weight is 483 g/mol. The lowest BCUT2D eigenvalue weighted by molar-refractivity contribution is -0.121. The molecule has 0 spiro atoms. The van der Waals surface area contributed by atoms with Crippen LogP contribution < -0.4 is 15.0 Å². The van der Waals surface area contributed by atoms with E-state index < -0.39 is 5.92 Å². The van der Waals surface area contributed by atoms with Gasteiger partial charge >= 0.3 is 0 Å². The molecule has 0 aromatic heterocycles. The SMILES string of the molecule is O=C(Nc1ccc2c(c1)N(Cc1cccc(Cl)c1)C(=O)CO2)C(c1ccccc1)c1ccccc1. The molecule has 1 N–H and O–H groups in total. The number of fused-ring (bicyclic) bond motifs is 1. The third-order valence-corrected chi connectivity index (χ3v) is 6.16. The van der Waals surface area contributed by atoms with Gasteiger partial charge in [0.05, 0.1) is 18.2 Å². The highest BCUT2D eigenvalue weighted by molar-refractivity contribution is 6.30. The van der Waals surface area contributed by atoms with Crippen LogP contribution in [0.3, 0.4) is 0 Å². The van der Waals surface area contributed by atoms with Crippen LogP contribution in [0.25, 0.3) is 0 Å². The van der Waals surface area contributed by atoms with Crippen molar-refractivity contribution in [2.24, 2.45) is 0 Å². The molecule has 1 aliphatic heterocycles. The van der Waals surface area contributed by atoms with Gasteiger partial charge in [-0.05, 0) is 47.0 Å². The van der Waals surface area contributed by atoms with E-state index in [4.69, 9.17) is 16.3 Å². The fraction of sp³-hybridized carbons (Fsp3) is 0.103. The molecule has 5 nitrogen and oxygen atoms in total. The summed E-state index contributed by atoms with van der Waals surface area (Å²) < 4.78 is 5.64. The lowest BCUT2D eigenvalue weighted by Gasteiger charge is -2.30. The van der Waals surface area contributed by atoms with Gasteiger partial charge < -0.3 is 15.0 Å². The van der Waals surface area contributed by atoms with Crippen LogP contribution in [0.1, 0.15) is 22.6 Å². The number of nitrogens with zero attached hydrogens (tertiary/aromatic N) is 1. The number of anilines is 2. The monoisotopic (exact) mass is 482 g/mol. The minimum atomic E-state index is -0.478. The number of carbonyl (C=O) groups is 2. The molecule has 0 unspecified atom stereocenters. The van der Waals surface area contributed by atoms with Gasteiger partial charge in [-0.3, -0.25) is 9.59 Å². The summed E-state index contributed by atoms with van der Waals surface area (Å²) in [7, 11) is 0. The zero-order valence-electron chi connectivity index (χ0n) is 18.9. The van der Waals surface area contributed by atoms with E-state index in [2.05, 4.69) is 5.32 Å². The molecule has 4 aromatic carbocycles. The van der Waals surface area contributed by atoms with Crippen LogP contribution >= 0.6 is 11.6 Å². The Bertz CT molecular complexity index is 1320. The second-order valence-corrected chi connectivity index (χ2v) is 8.76. The normalized spacial score (nSPS) is 12.7. The molecule has 1 heterocycles. The van der Waals surface area contributed by atoms with Crippen LogP contribution in [0.4, 0.5) is 11.4 Å². The van der Waals surface area contributed by atoms with E-state index in [-0.39, 0.29) is 18.4 Å². The van der Waals surface area contributed by atoms with Gasteiger partial charge in [0.1, 0.15) is 5.75 Å². The van der Waals surface area contributed by atoms with Crippen LogP contribution in [0, 0.1) is 0 Å². The number of amides is 2. The topological polar surface area (TPSA) is 58.6 Å². The Kier molecular flexibility index (Phi) is 6.51. The summed E-state index contributed by atoms with van der Waals surface area (Å²) in [5.41, 5.74) is 3.89. The summed E-state index contributed by atoms with van der Waals surface area (Å²) in [5.74, 6) is -0.208. The number of nitrogens with one attached hydrogen (secondary N) is 1. The third-order valence-electron chi connectivity index (χ3n) is 5.93. The van der Waals surface area contributed by atoms with Crippen molar-refractivity contribution in [3.63, 3.8) is 0 Å². The molecule has 6 heteroatoms. The fourth-order valence-corrected chi connectivity index (χ4v) is 4.48. The average Bonchev–Trinajstić information content (AvgIpc) is 2.87. The predicted octanol–water partition coefficient (Wildman–Crippen LogP) is 6.04. The number of carbonyl (C=O) groups excluding carboxylic acids is 2. The van der Waals surface area contributed by atoms with Crippen molar-refractivity contribution in [2.75, 3.05) is 16.8 Å². The lowest BCUT2D eigenvalue weighted by Crippen LogP contribution is -2.38. The molecule has 0 atom stereocenters. The van der Waals surface area contributed by atoms with Crippen molar-refractivity contribution in [1.82, 2.24) is 0 Å². The number of rotatable bonds is 6. The fourth-order valence-electron chi connectivity index (χ4n) is 4.27. The number of ether oxygens (including phenoxy) is 1. The first-order valence-electron chi connectivity index (χ1n) is 11.3. The molecule has 174 valence electrons. The maximum Gasteiger partial charge on any atom is 0.265 e. The van der Waals surface area contributed by atoms with Gasteiger partial charge in [-0.1, -0.05) is 84.4 Å². The Morgan fingerprint density at radius 3 is 2.23 bits per heavy atom. The smallest absolute Gasteiger partial charge is 0.265 e. The number of hydrogen-bond acceptors (Lipinski definition) is 3.